The van der Waals surface area contributed by atoms with Gasteiger partial charge in [-0.1, -0.05) is 159 Å². The van der Waals surface area contributed by atoms with E-state index in [4.69, 9.17) is 5.73 Å². The average molecular weight is 1410 g/mol. The third kappa shape index (κ3) is 18.9. The van der Waals surface area contributed by atoms with Gasteiger partial charge in [0.25, 0.3) is 5.91 Å². The van der Waals surface area contributed by atoms with Crippen molar-refractivity contribution in [2.75, 3.05) is 37.7 Å². The van der Waals surface area contributed by atoms with Crippen molar-refractivity contribution >= 4 is 79.0 Å². The van der Waals surface area contributed by atoms with Crippen LogP contribution in [0.1, 0.15) is 231 Å². The number of nitrogens with two attached hydrogens (primary N) is 1. The van der Waals surface area contributed by atoms with Crippen LogP contribution in [0.3, 0.4) is 0 Å². The number of carboxylic acids is 1. The molecule has 8 fully saturated rings. The van der Waals surface area contributed by atoms with Gasteiger partial charge in [-0.25, -0.2) is 21.6 Å². The molecule has 0 spiro atoms. The molecule has 0 aromatic heterocycles. The van der Waals surface area contributed by atoms with Crippen molar-refractivity contribution in [1.82, 2.24) is 20.4 Å². The van der Waals surface area contributed by atoms with Crippen LogP contribution in [-0.4, -0.2) is 167 Å². The number of amides is 4. The van der Waals surface area contributed by atoms with Gasteiger partial charge in [-0.05, 0) is 102 Å². The predicted octanol–water partition coefficient (Wildman–Crippen LogP) is 9.34. The highest BCUT2D eigenvalue weighted by atomic mass is 35.5. The zero-order valence-corrected chi connectivity index (χ0v) is 62.5. The average Bonchev–Trinajstić information content (AvgIpc) is 1.52. The molecule has 8 rings (SSSR count). The molecule has 4 heterocycles. The lowest BCUT2D eigenvalue weighted by atomic mass is 9.66. The first kappa shape index (κ1) is 82.6. The predicted molar refractivity (Wildman–Crippen MR) is 376 cm³/mol. The standard InChI is InChI=1S/C37H60N2O7S.C26H41NO6S.C10H20N2O2.ClH/c1-8-10-14-24(32(42)33(43)38-18-9-2)20-28(41)31-30-27(36(30,6)7)23-39(31)34(44)26(35(3,4)5)21-25(40)22-37(16-12-11-13-17-37)29-15-19-47(29,45)46;1-24(2,3)17(22(29)27-15-18-20(25(18,4)5)21(27)23(30)31)13-16(28)14-26(10-7-6-8-11-26)19-9-12-34(19,32)33;1-3-5-6-8(11)9(13)10(14)12-7-4-2;/h9,24,26-27,29-32,42H,2,8,10-23H2,1,3-7H3,(H,38,43);17-21H,6-15H2,1-5H3,(H,30,31);4,8-9,13H,2-3,5-7,11H2,1H3,(H,12,14);1H/t24-,26-,27+,29+,30+,31-,32?;17-,18+,19+,20+,21+;8-,9?;/m110./s1. The maximum atomic E-state index is 14.5. The summed E-state index contributed by atoms with van der Waals surface area (Å²) in [6, 6.07) is -1.98. The van der Waals surface area contributed by atoms with Gasteiger partial charge in [0, 0.05) is 88.0 Å². The summed E-state index contributed by atoms with van der Waals surface area (Å²) in [5, 5.41) is 34.6. The summed E-state index contributed by atoms with van der Waals surface area (Å²) in [6.45, 7) is 32.6. The molecule has 0 aromatic carbocycles. The Labute approximate surface area is 581 Å². The number of sulfone groups is 2. The fraction of sp³-hybridized carbons (Fsp3) is 0.836. The van der Waals surface area contributed by atoms with Gasteiger partial charge in [0.05, 0.1) is 28.0 Å². The van der Waals surface area contributed by atoms with Gasteiger partial charge in [-0.2, -0.15) is 0 Å². The van der Waals surface area contributed by atoms with Gasteiger partial charge < -0.3 is 41.5 Å². The highest BCUT2D eigenvalue weighted by molar-refractivity contribution is 7.93. The van der Waals surface area contributed by atoms with Crippen molar-refractivity contribution in [3.63, 3.8) is 0 Å². The molecular formula is C73H122ClN5O15S2. The fourth-order valence-electron chi connectivity index (χ4n) is 17.7. The molecule has 4 saturated carbocycles. The number of carbonyl (C=O) groups excluding carboxylic acids is 7. The largest absolute Gasteiger partial charge is 0.480 e. The number of unbranched alkanes of at least 4 members (excludes halogenated alkanes) is 2. The first-order chi connectivity index (χ1) is 44.2. The quantitative estimate of drug-likeness (QED) is 0.0365. The summed E-state index contributed by atoms with van der Waals surface area (Å²) in [5.41, 5.74) is 3.34. The van der Waals surface area contributed by atoms with Gasteiger partial charge in [0.1, 0.15) is 29.8 Å². The molecule has 20 nitrogen and oxygen atoms in total. The summed E-state index contributed by atoms with van der Waals surface area (Å²) in [6.07, 6.45) is 15.8. The number of ketones is 3. The SMILES string of the molecule is C=CCNC(=O)C(O)[C@@H](N)CCCC.C=CCNC(=O)C(O)[C@H](CCCC)CC(=O)[C@@H]1[C@@H]2[C@H](CN1C(=O)[C@@H](CC(=O)CC1([C@@H]3CCS3(=O)=O)CCCCC1)C(C)(C)C)C2(C)C.CC(C)(C)[C@H](CC(=O)CC1([C@@H]2CCS2(=O)=O)CCCCC1)C(=O)N1C[C@H]2[C@@H]([C@H]1C(=O)O)C2(C)C.Cl. The second kappa shape index (κ2) is 33.1. The number of carboxylic acid groups (broad SMARTS) is 1. The number of hydrogen-bond acceptors (Lipinski definition) is 15. The normalized spacial score (nSPS) is 28.4. The van der Waals surface area contributed by atoms with Crippen molar-refractivity contribution in [3.05, 3.63) is 25.3 Å². The molecule has 2 unspecified atom stereocenters. The van der Waals surface area contributed by atoms with Gasteiger partial charge >= 0.3 is 5.97 Å². The van der Waals surface area contributed by atoms with Crippen molar-refractivity contribution in [3.8, 4) is 0 Å². The first-order valence-corrected chi connectivity index (χ1v) is 39.3. The third-order valence-electron chi connectivity index (χ3n) is 24.0. The molecule has 0 radical (unpaired) electrons. The maximum absolute atomic E-state index is 14.5. The lowest BCUT2D eigenvalue weighted by molar-refractivity contribution is -0.154. The third-order valence-corrected chi connectivity index (χ3v) is 28.8. The monoisotopic (exact) mass is 1410 g/mol. The number of nitrogens with zero attached hydrogens (tertiary/aromatic N) is 2. The number of halogens is 1. The van der Waals surface area contributed by atoms with Crippen LogP contribution in [0.25, 0.3) is 0 Å². The molecular weight excluding hydrogens is 1290 g/mol. The highest BCUT2D eigenvalue weighted by Crippen LogP contribution is 2.67. The minimum Gasteiger partial charge on any atom is -0.480 e. The number of aliphatic carboxylic acids is 1. The summed E-state index contributed by atoms with van der Waals surface area (Å²) in [5.74, 6) is -3.78. The minimum absolute atomic E-state index is 0. The van der Waals surface area contributed by atoms with Crippen LogP contribution in [0, 0.1) is 73.9 Å². The van der Waals surface area contributed by atoms with E-state index in [9.17, 15) is 70.5 Å². The van der Waals surface area contributed by atoms with E-state index in [1.807, 2.05) is 55.4 Å². The number of rotatable bonds is 30. The van der Waals surface area contributed by atoms with Crippen LogP contribution in [-0.2, 0) is 58.0 Å². The van der Waals surface area contributed by atoms with Crippen LogP contribution in [0.2, 0.25) is 0 Å². The van der Waals surface area contributed by atoms with Crippen LogP contribution in [0.4, 0.5) is 0 Å². The van der Waals surface area contributed by atoms with Crippen molar-refractivity contribution < 1.29 is 70.5 Å². The van der Waals surface area contributed by atoms with Crippen molar-refractivity contribution in [1.29, 1.82) is 0 Å². The van der Waals surface area contributed by atoms with Crippen molar-refractivity contribution in [2.24, 2.45) is 79.6 Å². The van der Waals surface area contributed by atoms with Gasteiger partial charge in [-0.15, -0.1) is 25.6 Å². The summed E-state index contributed by atoms with van der Waals surface area (Å²) in [7, 11) is -6.32. The number of piperidine rings is 2. The lowest BCUT2D eigenvalue weighted by Crippen LogP contribution is -2.52. The highest BCUT2D eigenvalue weighted by Gasteiger charge is 2.71. The molecule has 0 bridgehead atoms. The number of aliphatic hydroxyl groups is 2. The lowest BCUT2D eigenvalue weighted by Gasteiger charge is -2.47. The van der Waals surface area contributed by atoms with E-state index in [0.717, 1.165) is 89.9 Å². The minimum atomic E-state index is -3.19. The molecule has 14 atom stereocenters. The Morgan fingerprint density at radius 3 is 1.31 bits per heavy atom. The van der Waals surface area contributed by atoms with E-state index >= 15 is 0 Å². The number of carbonyl (C=O) groups is 8. The Balaban J connectivity index is 0.000000296. The molecule has 4 aliphatic heterocycles. The number of fused-ring (bicyclic) bond motifs is 2. The fourth-order valence-corrected chi connectivity index (χ4v) is 21.6. The smallest absolute Gasteiger partial charge is 0.326 e. The Hall–Kier alpha value is -4.09. The van der Waals surface area contributed by atoms with Crippen LogP contribution in [0.5, 0.6) is 0 Å². The van der Waals surface area contributed by atoms with Crippen LogP contribution >= 0.6 is 12.4 Å². The molecule has 4 amide bonds. The Morgan fingerprint density at radius 1 is 0.594 bits per heavy atom. The number of hydrogen-bond donors (Lipinski definition) is 6. The van der Waals surface area contributed by atoms with Gasteiger partial charge in [0.15, 0.2) is 25.5 Å². The van der Waals surface area contributed by atoms with Crippen LogP contribution < -0.4 is 16.4 Å². The molecule has 4 aliphatic carbocycles. The topological polar surface area (TPSA) is 322 Å². The number of aliphatic hydroxyl groups excluding tert-OH is 2. The summed E-state index contributed by atoms with van der Waals surface area (Å²) >= 11 is 0. The molecule has 96 heavy (non-hydrogen) atoms. The Kier molecular flexibility index (Phi) is 28.5. The number of Topliss-reactive ketones (excluding diaryl/α,β-unsaturated/α-hetero) is 3. The summed E-state index contributed by atoms with van der Waals surface area (Å²) < 4.78 is 50.6. The van der Waals surface area contributed by atoms with Crippen LogP contribution in [0.15, 0.2) is 25.3 Å². The van der Waals surface area contributed by atoms with E-state index in [2.05, 4.69) is 51.5 Å². The first-order valence-electron chi connectivity index (χ1n) is 35.9. The molecule has 7 N–H and O–H groups in total. The second-order valence-corrected chi connectivity index (χ2v) is 37.9. The molecule has 548 valence electrons. The van der Waals surface area contributed by atoms with E-state index in [0.29, 0.717) is 45.3 Å². The van der Waals surface area contributed by atoms with Gasteiger partial charge in [0.2, 0.25) is 17.7 Å². The molecule has 8 aliphatic rings. The van der Waals surface area contributed by atoms with Crippen molar-refractivity contribution in [2.45, 2.75) is 272 Å². The Bertz CT molecular complexity index is 3020. The van der Waals surface area contributed by atoms with E-state index in [-0.39, 0.29) is 126 Å². The van der Waals surface area contributed by atoms with E-state index in [1.165, 1.54) is 11.0 Å². The number of likely N-dealkylation sites (tertiary alicyclic amines) is 2. The van der Waals surface area contributed by atoms with E-state index < -0.39 is 118 Å². The zero-order valence-electron chi connectivity index (χ0n) is 60.1. The van der Waals surface area contributed by atoms with E-state index in [1.54, 1.807) is 11.0 Å². The summed E-state index contributed by atoms with van der Waals surface area (Å²) in [4.78, 5) is 109. The maximum Gasteiger partial charge on any atom is 0.326 e. The second-order valence-electron chi connectivity index (χ2n) is 33.3. The Morgan fingerprint density at radius 2 is 0.969 bits per heavy atom. The molecule has 23 heteroatoms. The molecule has 0 aromatic rings. The zero-order chi connectivity index (χ0) is 71.2. The number of nitrogens with one attached hydrogen (secondary N) is 2. The molecule has 4 saturated heterocycles. The van der Waals surface area contributed by atoms with Gasteiger partial charge in [-0.3, -0.25) is 33.6 Å².